The van der Waals surface area contributed by atoms with Gasteiger partial charge in [0.05, 0.1) is 11.3 Å². The third-order valence-electron chi connectivity index (χ3n) is 5.35. The van der Waals surface area contributed by atoms with Crippen LogP contribution in [0, 0.1) is 6.92 Å². The van der Waals surface area contributed by atoms with Crippen molar-refractivity contribution in [1.82, 2.24) is 10.3 Å². The van der Waals surface area contributed by atoms with Crippen LogP contribution < -0.4 is 20.3 Å². The van der Waals surface area contributed by atoms with E-state index in [1.807, 2.05) is 55.6 Å². The van der Waals surface area contributed by atoms with Crippen molar-refractivity contribution in [3.8, 4) is 22.6 Å². The zero-order valence-corrected chi connectivity index (χ0v) is 16.2. The second-order valence-corrected chi connectivity index (χ2v) is 7.41. The highest BCUT2D eigenvalue weighted by atomic mass is 16.5. The number of amides is 1. The molecular weight excluding hydrogens is 364 g/mol. The van der Waals surface area contributed by atoms with Crippen molar-refractivity contribution in [2.45, 2.75) is 6.92 Å². The number of rotatable bonds is 2. The number of pyridine rings is 1. The van der Waals surface area contributed by atoms with Gasteiger partial charge in [-0.15, -0.1) is 0 Å². The molecule has 2 N–H and O–H groups in total. The molecule has 146 valence electrons. The van der Waals surface area contributed by atoms with Crippen LogP contribution in [0.15, 0.2) is 54.7 Å². The minimum atomic E-state index is -0.164. The molecule has 0 spiro atoms. The van der Waals surface area contributed by atoms with E-state index < -0.39 is 0 Å². The highest BCUT2D eigenvalue weighted by molar-refractivity contribution is 6.08. The molecule has 6 heteroatoms. The first-order valence-corrected chi connectivity index (χ1v) is 9.83. The molecule has 3 heterocycles. The molecule has 0 bridgehead atoms. The Balaban J connectivity index is 1.49. The van der Waals surface area contributed by atoms with Gasteiger partial charge >= 0.3 is 0 Å². The van der Waals surface area contributed by atoms with E-state index >= 15 is 0 Å². The summed E-state index contributed by atoms with van der Waals surface area (Å²) in [4.78, 5) is 19.7. The number of carbonyl (C=O) groups excluding carboxylic acids is 1. The van der Waals surface area contributed by atoms with Gasteiger partial charge < -0.3 is 20.3 Å². The molecule has 1 saturated heterocycles. The van der Waals surface area contributed by atoms with Crippen LogP contribution in [0.2, 0.25) is 0 Å². The quantitative estimate of drug-likeness (QED) is 0.701. The Morgan fingerprint density at radius 2 is 1.76 bits per heavy atom. The molecule has 6 nitrogen and oxygen atoms in total. The van der Waals surface area contributed by atoms with E-state index in [1.165, 1.54) is 0 Å². The normalized spacial score (nSPS) is 15.6. The highest BCUT2D eigenvalue weighted by Gasteiger charge is 2.22. The first-order chi connectivity index (χ1) is 14.2. The molecule has 1 aromatic heterocycles. The van der Waals surface area contributed by atoms with Gasteiger partial charge in [0.15, 0.2) is 5.75 Å². The summed E-state index contributed by atoms with van der Waals surface area (Å²) in [7, 11) is 0. The summed E-state index contributed by atoms with van der Waals surface area (Å²) in [5.41, 5.74) is 4.27. The fourth-order valence-corrected chi connectivity index (χ4v) is 3.78. The lowest BCUT2D eigenvalue weighted by molar-refractivity contribution is 0.102. The van der Waals surface area contributed by atoms with Crippen LogP contribution in [-0.2, 0) is 0 Å². The zero-order valence-electron chi connectivity index (χ0n) is 16.2. The molecule has 2 aliphatic heterocycles. The van der Waals surface area contributed by atoms with E-state index in [-0.39, 0.29) is 5.91 Å². The molecule has 2 aliphatic rings. The van der Waals surface area contributed by atoms with Gasteiger partial charge in [0.1, 0.15) is 11.6 Å². The average molecular weight is 386 g/mol. The number of anilines is 2. The van der Waals surface area contributed by atoms with Gasteiger partial charge in [-0.05, 0) is 60.0 Å². The Hall–Kier alpha value is -3.38. The maximum absolute atomic E-state index is 12.9. The molecule has 5 rings (SSSR count). The number of aryl methyl sites for hydroxylation is 1. The van der Waals surface area contributed by atoms with E-state index in [1.54, 1.807) is 0 Å². The molecule has 0 saturated carbocycles. The summed E-state index contributed by atoms with van der Waals surface area (Å²) in [6, 6.07) is 15.6. The number of hydrogen-bond acceptors (Lipinski definition) is 5. The first-order valence-electron chi connectivity index (χ1n) is 9.83. The van der Waals surface area contributed by atoms with Crippen molar-refractivity contribution in [2.75, 3.05) is 36.4 Å². The predicted octanol–water partition coefficient (Wildman–Crippen LogP) is 3.82. The van der Waals surface area contributed by atoms with Gasteiger partial charge in [-0.2, -0.15) is 0 Å². The minimum absolute atomic E-state index is 0.164. The lowest BCUT2D eigenvalue weighted by Gasteiger charge is -2.28. The number of nitrogens with one attached hydrogen (secondary N) is 2. The summed E-state index contributed by atoms with van der Waals surface area (Å²) in [5.74, 6) is 2.01. The minimum Gasteiger partial charge on any atom is -0.454 e. The Labute approximate surface area is 169 Å². The Morgan fingerprint density at radius 1 is 0.966 bits per heavy atom. The molecule has 0 atom stereocenters. The monoisotopic (exact) mass is 386 g/mol. The summed E-state index contributed by atoms with van der Waals surface area (Å²) in [6.07, 6.45) is 1.83. The van der Waals surface area contributed by atoms with Crippen LogP contribution in [0.25, 0.3) is 11.1 Å². The summed E-state index contributed by atoms with van der Waals surface area (Å²) >= 11 is 0. The third-order valence-corrected chi connectivity index (χ3v) is 5.35. The SMILES string of the molecule is Cc1ccc2c(c1)NC(=O)c1cc(-c3ccnc(N4CCNCC4)c3)ccc1O2. The highest BCUT2D eigenvalue weighted by Crippen LogP contribution is 2.38. The van der Waals surface area contributed by atoms with E-state index in [9.17, 15) is 4.79 Å². The van der Waals surface area contributed by atoms with Crippen LogP contribution >= 0.6 is 0 Å². The standard InChI is InChI=1S/C23H22N4O2/c1-15-2-4-21-19(12-15)26-23(28)18-13-16(3-5-20(18)29-21)17-6-7-25-22(14-17)27-10-8-24-9-11-27/h2-7,12-14,24H,8-11H2,1H3,(H,26,28). The fourth-order valence-electron chi connectivity index (χ4n) is 3.78. The van der Waals surface area contributed by atoms with Crippen molar-refractivity contribution in [2.24, 2.45) is 0 Å². The van der Waals surface area contributed by atoms with Crippen molar-refractivity contribution >= 4 is 17.4 Å². The second-order valence-electron chi connectivity index (χ2n) is 7.41. The number of carbonyl (C=O) groups is 1. The van der Waals surface area contributed by atoms with Gasteiger partial charge in [-0.3, -0.25) is 4.79 Å². The molecular formula is C23H22N4O2. The molecule has 29 heavy (non-hydrogen) atoms. The van der Waals surface area contributed by atoms with Crippen molar-refractivity contribution in [3.05, 3.63) is 65.9 Å². The number of fused-ring (bicyclic) bond motifs is 2. The van der Waals surface area contributed by atoms with E-state index in [4.69, 9.17) is 4.74 Å². The van der Waals surface area contributed by atoms with Crippen molar-refractivity contribution < 1.29 is 9.53 Å². The van der Waals surface area contributed by atoms with Crippen LogP contribution in [0.3, 0.4) is 0 Å². The lowest BCUT2D eigenvalue weighted by atomic mass is 10.0. The lowest BCUT2D eigenvalue weighted by Crippen LogP contribution is -2.43. The van der Waals surface area contributed by atoms with Crippen LogP contribution in [0.1, 0.15) is 15.9 Å². The van der Waals surface area contributed by atoms with Crippen LogP contribution in [0.5, 0.6) is 11.5 Å². The first kappa shape index (κ1) is 17.7. The van der Waals surface area contributed by atoms with E-state index in [0.29, 0.717) is 22.7 Å². The summed E-state index contributed by atoms with van der Waals surface area (Å²) in [6.45, 7) is 5.79. The van der Waals surface area contributed by atoms with Gasteiger partial charge in [0, 0.05) is 32.4 Å². The summed E-state index contributed by atoms with van der Waals surface area (Å²) in [5, 5.41) is 6.33. The van der Waals surface area contributed by atoms with Gasteiger partial charge in [-0.1, -0.05) is 12.1 Å². The summed E-state index contributed by atoms with van der Waals surface area (Å²) < 4.78 is 6.03. The number of piperazine rings is 1. The van der Waals surface area contributed by atoms with Crippen LogP contribution in [-0.4, -0.2) is 37.1 Å². The molecule has 0 unspecified atom stereocenters. The molecule has 3 aromatic rings. The molecule has 0 radical (unpaired) electrons. The Kier molecular flexibility index (Phi) is 4.41. The maximum Gasteiger partial charge on any atom is 0.259 e. The molecule has 2 aromatic carbocycles. The average Bonchev–Trinajstić information content (AvgIpc) is 2.89. The second kappa shape index (κ2) is 7.22. The number of ether oxygens (including phenoxy) is 1. The third kappa shape index (κ3) is 3.43. The number of benzene rings is 2. The molecule has 0 aliphatic carbocycles. The van der Waals surface area contributed by atoms with Gasteiger partial charge in [0.2, 0.25) is 0 Å². The van der Waals surface area contributed by atoms with Crippen LogP contribution in [0.4, 0.5) is 11.5 Å². The number of nitrogens with zero attached hydrogens (tertiary/aromatic N) is 2. The molecule has 1 fully saturated rings. The fraction of sp³-hybridized carbons (Fsp3) is 0.217. The van der Waals surface area contributed by atoms with E-state index in [2.05, 4.69) is 26.6 Å². The molecule has 1 amide bonds. The van der Waals surface area contributed by atoms with Crippen molar-refractivity contribution in [3.63, 3.8) is 0 Å². The van der Waals surface area contributed by atoms with E-state index in [0.717, 1.165) is 48.7 Å². The Bertz CT molecular complexity index is 1090. The predicted molar refractivity (Wildman–Crippen MR) is 114 cm³/mol. The van der Waals surface area contributed by atoms with Crippen molar-refractivity contribution in [1.29, 1.82) is 0 Å². The largest absolute Gasteiger partial charge is 0.454 e. The van der Waals surface area contributed by atoms with Gasteiger partial charge in [-0.25, -0.2) is 4.98 Å². The smallest absolute Gasteiger partial charge is 0.259 e. The number of hydrogen-bond donors (Lipinski definition) is 2. The topological polar surface area (TPSA) is 66.5 Å². The zero-order chi connectivity index (χ0) is 19.8. The Morgan fingerprint density at radius 3 is 2.62 bits per heavy atom. The van der Waals surface area contributed by atoms with Gasteiger partial charge in [0.25, 0.3) is 5.91 Å². The number of aromatic nitrogens is 1. The maximum atomic E-state index is 12.9.